The van der Waals surface area contributed by atoms with Crippen molar-refractivity contribution in [3.63, 3.8) is 0 Å². The van der Waals surface area contributed by atoms with E-state index in [0.717, 1.165) is 32.1 Å². The van der Waals surface area contributed by atoms with Crippen LogP contribution in [-0.4, -0.2) is 46.1 Å². The van der Waals surface area contributed by atoms with Gasteiger partial charge >= 0.3 is 5.97 Å². The number of rotatable bonds is 16. The fraction of sp³-hybridized carbons (Fsp3) is 0.850. The molecule has 0 saturated heterocycles. The van der Waals surface area contributed by atoms with E-state index in [-0.39, 0.29) is 19.3 Å². The van der Waals surface area contributed by atoms with Crippen molar-refractivity contribution < 1.29 is 29.3 Å². The number of aliphatic hydroxyl groups excluding tert-OH is 2. The molecule has 2 atom stereocenters. The molecule has 0 aliphatic rings. The molecule has 0 heterocycles. The Morgan fingerprint density at radius 1 is 0.808 bits per heavy atom. The highest BCUT2D eigenvalue weighted by Crippen LogP contribution is 2.26. The number of Topliss-reactive ketones (excluding diaryl/α,β-unsaturated/α-hetero) is 2. The van der Waals surface area contributed by atoms with E-state index in [1.54, 1.807) is 0 Å². The lowest BCUT2D eigenvalue weighted by atomic mass is 9.82. The van der Waals surface area contributed by atoms with Gasteiger partial charge in [-0.25, -0.2) is 0 Å². The molecule has 2 unspecified atom stereocenters. The molecule has 6 heteroatoms. The molecule has 0 amide bonds. The Labute approximate surface area is 157 Å². The van der Waals surface area contributed by atoms with Gasteiger partial charge in [-0.1, -0.05) is 52.9 Å². The standard InChI is InChI=1S/C20H36O6/c1-4-7-10-13-17(23)20(18(24)15-21,16(22)12-9-6-3)26-19(25)14-11-8-5-2/h18,21,24H,4-15H2,1-3H3. The van der Waals surface area contributed by atoms with Crippen molar-refractivity contribution in [3.8, 4) is 0 Å². The van der Waals surface area contributed by atoms with Gasteiger partial charge < -0.3 is 14.9 Å². The first kappa shape index (κ1) is 24.7. The maximum absolute atomic E-state index is 12.8. The minimum absolute atomic E-state index is 0.0231. The van der Waals surface area contributed by atoms with Crippen molar-refractivity contribution in [2.24, 2.45) is 0 Å². The van der Waals surface area contributed by atoms with Crippen LogP contribution in [0, 0.1) is 0 Å². The maximum Gasteiger partial charge on any atom is 0.307 e. The highest BCUT2D eigenvalue weighted by atomic mass is 16.6. The molecule has 0 spiro atoms. The zero-order valence-corrected chi connectivity index (χ0v) is 16.6. The third-order valence-corrected chi connectivity index (χ3v) is 4.49. The summed E-state index contributed by atoms with van der Waals surface area (Å²) in [5.41, 5.74) is -2.28. The molecule has 0 fully saturated rings. The zero-order valence-electron chi connectivity index (χ0n) is 16.6. The summed E-state index contributed by atoms with van der Waals surface area (Å²) in [7, 11) is 0. The summed E-state index contributed by atoms with van der Waals surface area (Å²) in [5.74, 6) is -1.91. The first-order valence-electron chi connectivity index (χ1n) is 9.97. The van der Waals surface area contributed by atoms with E-state index < -0.39 is 35.8 Å². The van der Waals surface area contributed by atoms with Gasteiger partial charge in [-0.15, -0.1) is 0 Å². The highest BCUT2D eigenvalue weighted by Gasteiger charge is 2.53. The van der Waals surface area contributed by atoms with Crippen LogP contribution in [0.1, 0.15) is 91.4 Å². The van der Waals surface area contributed by atoms with Gasteiger partial charge in [0.15, 0.2) is 11.6 Å². The third-order valence-electron chi connectivity index (χ3n) is 4.49. The molecule has 0 aliphatic heterocycles. The summed E-state index contributed by atoms with van der Waals surface area (Å²) in [6.45, 7) is 5.06. The minimum Gasteiger partial charge on any atom is -0.440 e. The smallest absolute Gasteiger partial charge is 0.307 e. The molecule has 152 valence electrons. The molecule has 26 heavy (non-hydrogen) atoms. The molecule has 0 bridgehead atoms. The fourth-order valence-electron chi connectivity index (χ4n) is 2.83. The number of esters is 1. The van der Waals surface area contributed by atoms with Gasteiger partial charge in [-0.3, -0.25) is 14.4 Å². The van der Waals surface area contributed by atoms with Crippen molar-refractivity contribution in [2.75, 3.05) is 6.61 Å². The number of hydrogen-bond donors (Lipinski definition) is 2. The van der Waals surface area contributed by atoms with Gasteiger partial charge in [0, 0.05) is 19.3 Å². The van der Waals surface area contributed by atoms with Gasteiger partial charge in [0.1, 0.15) is 6.10 Å². The van der Waals surface area contributed by atoms with Gasteiger partial charge in [0.05, 0.1) is 6.61 Å². The van der Waals surface area contributed by atoms with Crippen LogP contribution in [-0.2, 0) is 19.1 Å². The van der Waals surface area contributed by atoms with Crippen molar-refractivity contribution in [1.82, 2.24) is 0 Å². The van der Waals surface area contributed by atoms with Gasteiger partial charge in [-0.2, -0.15) is 0 Å². The quantitative estimate of drug-likeness (QED) is 0.245. The Bertz CT molecular complexity index is 434. The topological polar surface area (TPSA) is 101 Å². The Morgan fingerprint density at radius 3 is 1.73 bits per heavy atom. The summed E-state index contributed by atoms with van der Waals surface area (Å²) < 4.78 is 5.34. The molecule has 0 aromatic rings. The monoisotopic (exact) mass is 372 g/mol. The van der Waals surface area contributed by atoms with E-state index in [4.69, 9.17) is 4.74 Å². The lowest BCUT2D eigenvalue weighted by Gasteiger charge is -2.34. The van der Waals surface area contributed by atoms with E-state index >= 15 is 0 Å². The van der Waals surface area contributed by atoms with E-state index in [1.165, 1.54) is 0 Å². The summed E-state index contributed by atoms with van der Waals surface area (Å²) >= 11 is 0. The highest BCUT2D eigenvalue weighted by molar-refractivity contribution is 6.12. The number of aliphatic hydroxyl groups is 2. The van der Waals surface area contributed by atoms with Crippen LogP contribution >= 0.6 is 0 Å². The molecule has 0 aliphatic carbocycles. The van der Waals surface area contributed by atoms with Crippen LogP contribution in [0.4, 0.5) is 0 Å². The van der Waals surface area contributed by atoms with Crippen LogP contribution in [0.2, 0.25) is 0 Å². The summed E-state index contributed by atoms with van der Waals surface area (Å²) in [6.07, 6.45) is 4.22. The lowest BCUT2D eigenvalue weighted by Crippen LogP contribution is -2.60. The van der Waals surface area contributed by atoms with E-state index in [0.29, 0.717) is 19.3 Å². The molecule has 0 radical (unpaired) electrons. The summed E-state index contributed by atoms with van der Waals surface area (Å²) in [4.78, 5) is 37.9. The first-order chi connectivity index (χ1) is 12.4. The van der Waals surface area contributed by atoms with Crippen LogP contribution in [0.15, 0.2) is 0 Å². The van der Waals surface area contributed by atoms with Crippen molar-refractivity contribution in [3.05, 3.63) is 0 Å². The predicted octanol–water partition coefficient (Wildman–Crippen LogP) is 3.11. The SMILES string of the molecule is CCCCCC(=O)OC(C(=O)CCCC)(C(=O)CCCCC)C(O)CO. The average Bonchev–Trinajstić information content (AvgIpc) is 2.63. The number of carbonyl (C=O) groups is 3. The molecular formula is C20H36O6. The molecule has 2 N–H and O–H groups in total. The van der Waals surface area contributed by atoms with E-state index in [1.807, 2.05) is 20.8 Å². The Balaban J connectivity index is 5.53. The molecule has 6 nitrogen and oxygen atoms in total. The first-order valence-corrected chi connectivity index (χ1v) is 9.97. The van der Waals surface area contributed by atoms with Crippen LogP contribution < -0.4 is 0 Å². The Morgan fingerprint density at radius 2 is 1.27 bits per heavy atom. The summed E-state index contributed by atoms with van der Waals surface area (Å²) in [5, 5.41) is 19.8. The molecule has 0 aromatic carbocycles. The Hall–Kier alpha value is -1.27. The number of unbranched alkanes of at least 4 members (excludes halogenated alkanes) is 5. The molecular weight excluding hydrogens is 336 g/mol. The van der Waals surface area contributed by atoms with Crippen LogP contribution in [0.5, 0.6) is 0 Å². The van der Waals surface area contributed by atoms with Crippen LogP contribution in [0.25, 0.3) is 0 Å². The number of carbonyl (C=O) groups excluding carboxylic acids is 3. The number of ether oxygens (including phenoxy) is 1. The largest absolute Gasteiger partial charge is 0.440 e. The van der Waals surface area contributed by atoms with Crippen molar-refractivity contribution >= 4 is 17.5 Å². The van der Waals surface area contributed by atoms with E-state index in [2.05, 4.69) is 0 Å². The van der Waals surface area contributed by atoms with Gasteiger partial charge in [0.25, 0.3) is 5.60 Å². The van der Waals surface area contributed by atoms with Crippen molar-refractivity contribution in [2.45, 2.75) is 103 Å². The zero-order chi connectivity index (χ0) is 20.0. The van der Waals surface area contributed by atoms with Crippen molar-refractivity contribution in [1.29, 1.82) is 0 Å². The number of hydrogen-bond acceptors (Lipinski definition) is 6. The average molecular weight is 373 g/mol. The van der Waals surface area contributed by atoms with Gasteiger partial charge in [0.2, 0.25) is 0 Å². The molecule has 0 rings (SSSR count). The maximum atomic E-state index is 12.8. The second-order valence-corrected chi connectivity index (χ2v) is 6.77. The Kier molecular flexibility index (Phi) is 13.2. The molecule has 0 aromatic heterocycles. The van der Waals surface area contributed by atoms with Crippen LogP contribution in [0.3, 0.4) is 0 Å². The number of ketones is 2. The normalized spacial score (nSPS) is 14.5. The summed E-state index contributed by atoms with van der Waals surface area (Å²) in [6, 6.07) is 0. The van der Waals surface area contributed by atoms with E-state index in [9.17, 15) is 24.6 Å². The molecule has 0 saturated carbocycles. The second-order valence-electron chi connectivity index (χ2n) is 6.77. The second kappa shape index (κ2) is 13.9. The minimum atomic E-state index is -2.28. The predicted molar refractivity (Wildman–Crippen MR) is 99.7 cm³/mol. The third kappa shape index (κ3) is 7.54. The lowest BCUT2D eigenvalue weighted by molar-refractivity contribution is -0.188. The fourth-order valence-corrected chi connectivity index (χ4v) is 2.83. The van der Waals surface area contributed by atoms with Gasteiger partial charge in [-0.05, 0) is 19.3 Å².